The summed E-state index contributed by atoms with van der Waals surface area (Å²) in [4.78, 5) is 14.6. The second kappa shape index (κ2) is 5.93. The van der Waals surface area contributed by atoms with Crippen molar-refractivity contribution in [1.29, 1.82) is 0 Å². The van der Waals surface area contributed by atoms with Crippen molar-refractivity contribution in [2.45, 2.75) is 6.54 Å². The topological polar surface area (TPSA) is 68.0 Å². The van der Waals surface area contributed by atoms with E-state index in [2.05, 4.69) is 10.3 Å². The number of hydrogen-bond donors (Lipinski definition) is 2. The number of hydrogen-bond acceptors (Lipinski definition) is 4. The first kappa shape index (κ1) is 11.4. The van der Waals surface area contributed by atoms with E-state index in [1.165, 1.54) is 11.3 Å². The third-order valence-electron chi connectivity index (χ3n) is 1.14. The lowest BCUT2D eigenvalue weighted by atomic mass is 10.4. The third kappa shape index (κ3) is 3.66. The van der Waals surface area contributed by atoms with Gasteiger partial charge in [0.05, 0.1) is 24.3 Å². The van der Waals surface area contributed by atoms with E-state index in [4.69, 9.17) is 5.73 Å². The number of nitrogens with two attached hydrogens (primary N) is 1. The lowest BCUT2D eigenvalue weighted by Gasteiger charge is -1.98. The molecule has 1 heterocycles. The molecule has 0 aliphatic rings. The molecule has 0 saturated heterocycles. The molecule has 4 nitrogen and oxygen atoms in total. The SMILES string of the molecule is Cl.NCC(=O)NCc1cscn1. The lowest BCUT2D eigenvalue weighted by molar-refractivity contribution is -0.119. The van der Waals surface area contributed by atoms with Crippen molar-refractivity contribution in [1.82, 2.24) is 10.3 Å². The molecule has 0 atom stereocenters. The average Bonchev–Trinajstić information content (AvgIpc) is 2.52. The Hall–Kier alpha value is -0.650. The van der Waals surface area contributed by atoms with Gasteiger partial charge in [0.1, 0.15) is 0 Å². The number of nitrogens with zero attached hydrogens (tertiary/aromatic N) is 1. The minimum Gasteiger partial charge on any atom is -0.349 e. The number of carbonyl (C=O) groups excluding carboxylic acids is 1. The Bertz CT molecular complexity index is 227. The van der Waals surface area contributed by atoms with E-state index in [9.17, 15) is 4.79 Å². The highest BCUT2D eigenvalue weighted by atomic mass is 35.5. The summed E-state index contributed by atoms with van der Waals surface area (Å²) in [6.45, 7) is 0.504. The molecule has 0 saturated carbocycles. The van der Waals surface area contributed by atoms with Crippen molar-refractivity contribution in [3.8, 4) is 0 Å². The average molecular weight is 208 g/mol. The van der Waals surface area contributed by atoms with E-state index >= 15 is 0 Å². The number of nitrogens with one attached hydrogen (secondary N) is 1. The Morgan fingerprint density at radius 1 is 1.75 bits per heavy atom. The van der Waals surface area contributed by atoms with Crippen LogP contribution < -0.4 is 11.1 Å². The number of rotatable bonds is 3. The van der Waals surface area contributed by atoms with Gasteiger partial charge in [0.25, 0.3) is 0 Å². The first-order chi connectivity index (χ1) is 5.33. The van der Waals surface area contributed by atoms with E-state index in [-0.39, 0.29) is 24.9 Å². The lowest BCUT2D eigenvalue weighted by Crippen LogP contribution is -2.29. The van der Waals surface area contributed by atoms with E-state index in [1.54, 1.807) is 5.51 Å². The van der Waals surface area contributed by atoms with Crippen LogP contribution in [0.1, 0.15) is 5.69 Å². The normalized spacial score (nSPS) is 8.75. The van der Waals surface area contributed by atoms with Crippen LogP contribution >= 0.6 is 23.7 Å². The van der Waals surface area contributed by atoms with Gasteiger partial charge in [-0.25, -0.2) is 4.98 Å². The van der Waals surface area contributed by atoms with Crippen LogP contribution in [0.4, 0.5) is 0 Å². The van der Waals surface area contributed by atoms with Crippen molar-refractivity contribution in [2.75, 3.05) is 6.54 Å². The zero-order chi connectivity index (χ0) is 8.10. The van der Waals surface area contributed by atoms with Gasteiger partial charge in [0.15, 0.2) is 0 Å². The van der Waals surface area contributed by atoms with E-state index in [0.717, 1.165) is 5.69 Å². The molecule has 0 aliphatic carbocycles. The van der Waals surface area contributed by atoms with Crippen LogP contribution in [0, 0.1) is 0 Å². The highest BCUT2D eigenvalue weighted by Gasteiger charge is 1.97. The molecule has 0 unspecified atom stereocenters. The quantitative estimate of drug-likeness (QED) is 0.741. The fourth-order valence-corrected chi connectivity index (χ4v) is 1.14. The minimum atomic E-state index is -0.155. The van der Waals surface area contributed by atoms with E-state index in [1.807, 2.05) is 5.38 Å². The molecule has 0 aromatic carbocycles. The van der Waals surface area contributed by atoms with Gasteiger partial charge in [0, 0.05) is 5.38 Å². The summed E-state index contributed by atoms with van der Waals surface area (Å²) < 4.78 is 0. The van der Waals surface area contributed by atoms with Crippen molar-refractivity contribution in [3.63, 3.8) is 0 Å². The van der Waals surface area contributed by atoms with Crippen molar-refractivity contribution < 1.29 is 4.79 Å². The zero-order valence-corrected chi connectivity index (χ0v) is 7.95. The molecular weight excluding hydrogens is 198 g/mol. The van der Waals surface area contributed by atoms with Gasteiger partial charge < -0.3 is 11.1 Å². The number of thiazole rings is 1. The maximum Gasteiger partial charge on any atom is 0.234 e. The highest BCUT2D eigenvalue weighted by molar-refractivity contribution is 7.07. The van der Waals surface area contributed by atoms with Crippen LogP contribution in [0.3, 0.4) is 0 Å². The fourth-order valence-electron chi connectivity index (χ4n) is 0.586. The highest BCUT2D eigenvalue weighted by Crippen LogP contribution is 1.99. The standard InChI is InChI=1S/C6H9N3OS.ClH/c7-1-6(10)8-2-5-3-11-4-9-5;/h3-4H,1-2,7H2,(H,8,10);1H. The largest absolute Gasteiger partial charge is 0.349 e. The molecule has 6 heteroatoms. The summed E-state index contributed by atoms with van der Waals surface area (Å²) in [5.74, 6) is -0.155. The maximum absolute atomic E-state index is 10.6. The molecule has 3 N–H and O–H groups in total. The van der Waals surface area contributed by atoms with Crippen LogP contribution in [-0.4, -0.2) is 17.4 Å². The molecule has 0 spiro atoms. The van der Waals surface area contributed by atoms with Gasteiger partial charge in [-0.05, 0) is 0 Å². The monoisotopic (exact) mass is 207 g/mol. The molecular formula is C6H10ClN3OS. The molecule has 1 aromatic heterocycles. The smallest absolute Gasteiger partial charge is 0.234 e. The molecule has 1 rings (SSSR count). The van der Waals surface area contributed by atoms with E-state index < -0.39 is 0 Å². The molecule has 1 aromatic rings. The second-order valence-corrected chi connectivity index (χ2v) is 2.68. The maximum atomic E-state index is 10.6. The first-order valence-corrected chi connectivity index (χ1v) is 4.11. The summed E-state index contributed by atoms with van der Waals surface area (Å²) in [6.07, 6.45) is 0. The fraction of sp³-hybridized carbons (Fsp3) is 0.333. The summed E-state index contributed by atoms with van der Waals surface area (Å²) >= 11 is 1.51. The molecule has 0 radical (unpaired) electrons. The van der Waals surface area contributed by atoms with Crippen molar-refractivity contribution in [3.05, 3.63) is 16.6 Å². The number of amides is 1. The second-order valence-electron chi connectivity index (χ2n) is 1.96. The Balaban J connectivity index is 0.00000121. The number of carbonyl (C=O) groups is 1. The molecule has 0 bridgehead atoms. The van der Waals surface area contributed by atoms with Crippen LogP contribution in [0.5, 0.6) is 0 Å². The van der Waals surface area contributed by atoms with Gasteiger partial charge in [0.2, 0.25) is 5.91 Å². The Morgan fingerprint density at radius 3 is 3.00 bits per heavy atom. The summed E-state index contributed by atoms with van der Waals surface area (Å²) in [5.41, 5.74) is 7.68. The summed E-state index contributed by atoms with van der Waals surface area (Å²) in [6, 6.07) is 0. The first-order valence-electron chi connectivity index (χ1n) is 3.16. The molecule has 12 heavy (non-hydrogen) atoms. The van der Waals surface area contributed by atoms with Crippen LogP contribution in [0.2, 0.25) is 0 Å². The van der Waals surface area contributed by atoms with Crippen LogP contribution in [0.25, 0.3) is 0 Å². The zero-order valence-electron chi connectivity index (χ0n) is 6.32. The molecule has 0 fully saturated rings. The van der Waals surface area contributed by atoms with Gasteiger partial charge in [-0.3, -0.25) is 4.79 Å². The van der Waals surface area contributed by atoms with Crippen molar-refractivity contribution in [2.24, 2.45) is 5.73 Å². The third-order valence-corrected chi connectivity index (χ3v) is 1.77. The predicted octanol–water partition coefficient (Wildman–Crippen LogP) is 0.140. The van der Waals surface area contributed by atoms with Gasteiger partial charge in [-0.2, -0.15) is 0 Å². The van der Waals surface area contributed by atoms with Crippen LogP contribution in [-0.2, 0) is 11.3 Å². The van der Waals surface area contributed by atoms with Crippen molar-refractivity contribution >= 4 is 29.7 Å². The Labute approximate surface area is 80.6 Å². The summed E-state index contributed by atoms with van der Waals surface area (Å²) in [7, 11) is 0. The Kier molecular flexibility index (Phi) is 5.61. The van der Waals surface area contributed by atoms with Gasteiger partial charge in [-0.1, -0.05) is 0 Å². The van der Waals surface area contributed by atoms with E-state index in [0.29, 0.717) is 6.54 Å². The summed E-state index contributed by atoms with van der Waals surface area (Å²) in [5, 5.41) is 4.50. The number of halogens is 1. The predicted molar refractivity (Wildman–Crippen MR) is 50.3 cm³/mol. The Morgan fingerprint density at radius 2 is 2.50 bits per heavy atom. The van der Waals surface area contributed by atoms with Gasteiger partial charge in [-0.15, -0.1) is 23.7 Å². The van der Waals surface area contributed by atoms with Crippen LogP contribution in [0.15, 0.2) is 10.9 Å². The molecule has 68 valence electrons. The minimum absolute atomic E-state index is 0. The molecule has 0 aliphatic heterocycles. The number of aromatic nitrogens is 1. The molecule has 1 amide bonds. The van der Waals surface area contributed by atoms with Gasteiger partial charge >= 0.3 is 0 Å².